The van der Waals surface area contributed by atoms with Gasteiger partial charge in [0, 0.05) is 12.6 Å². The van der Waals surface area contributed by atoms with Gasteiger partial charge in [0.2, 0.25) is 20.0 Å². The summed E-state index contributed by atoms with van der Waals surface area (Å²) in [5.74, 6) is -0.387. The van der Waals surface area contributed by atoms with Crippen LogP contribution >= 0.6 is 0 Å². The molecule has 1 aliphatic carbocycles. The van der Waals surface area contributed by atoms with E-state index in [9.17, 15) is 16.8 Å². The SMILES string of the molecule is O=S(=O)(Cc1ccccc1)NCCS(=O)(=O)NC1CCCC1. The number of sulfonamides is 2. The van der Waals surface area contributed by atoms with Crippen molar-refractivity contribution in [3.05, 3.63) is 35.9 Å². The minimum atomic E-state index is -3.53. The van der Waals surface area contributed by atoms with Crippen molar-refractivity contribution in [1.29, 1.82) is 0 Å². The van der Waals surface area contributed by atoms with Crippen LogP contribution in [0.2, 0.25) is 0 Å². The zero-order valence-electron chi connectivity index (χ0n) is 12.4. The maximum atomic E-state index is 11.9. The Kier molecular flexibility index (Phi) is 5.96. The van der Waals surface area contributed by atoms with Crippen molar-refractivity contribution >= 4 is 20.0 Å². The van der Waals surface area contributed by atoms with E-state index in [2.05, 4.69) is 9.44 Å². The summed E-state index contributed by atoms with van der Waals surface area (Å²) in [6, 6.07) is 8.78. The first-order valence-corrected chi connectivity index (χ1v) is 10.7. The zero-order chi connectivity index (χ0) is 16.1. The predicted octanol–water partition coefficient (Wildman–Crippen LogP) is 0.968. The van der Waals surface area contributed by atoms with Gasteiger partial charge in [-0.25, -0.2) is 26.3 Å². The molecule has 2 N–H and O–H groups in total. The van der Waals surface area contributed by atoms with E-state index in [1.165, 1.54) is 0 Å². The molecule has 1 aromatic carbocycles. The number of rotatable bonds is 8. The molecule has 0 heterocycles. The van der Waals surface area contributed by atoms with Gasteiger partial charge in [-0.05, 0) is 18.4 Å². The first-order valence-electron chi connectivity index (χ1n) is 7.38. The fraction of sp³-hybridized carbons (Fsp3) is 0.571. The summed E-state index contributed by atoms with van der Waals surface area (Å²) in [6.45, 7) is -0.114. The van der Waals surface area contributed by atoms with Gasteiger partial charge in [-0.15, -0.1) is 0 Å². The molecule has 0 spiro atoms. The van der Waals surface area contributed by atoms with Crippen LogP contribution in [-0.4, -0.2) is 35.2 Å². The Morgan fingerprint density at radius 3 is 2.23 bits per heavy atom. The molecule has 0 amide bonds. The average Bonchev–Trinajstić information content (AvgIpc) is 2.90. The maximum Gasteiger partial charge on any atom is 0.215 e. The smallest absolute Gasteiger partial charge is 0.214 e. The summed E-state index contributed by atoms with van der Waals surface area (Å²) in [6.07, 6.45) is 3.80. The lowest BCUT2D eigenvalue weighted by Gasteiger charge is -2.13. The first-order chi connectivity index (χ1) is 10.4. The van der Waals surface area contributed by atoms with E-state index in [4.69, 9.17) is 0 Å². The molecule has 0 unspecified atom stereocenters. The molecular formula is C14H22N2O4S2. The van der Waals surface area contributed by atoms with E-state index in [1.54, 1.807) is 24.3 Å². The predicted molar refractivity (Wildman–Crippen MR) is 86.2 cm³/mol. The Bertz CT molecular complexity index is 666. The van der Waals surface area contributed by atoms with Crippen molar-refractivity contribution < 1.29 is 16.8 Å². The summed E-state index contributed by atoms with van der Waals surface area (Å²) in [5, 5.41) is 0. The van der Waals surface area contributed by atoms with Gasteiger partial charge in [0.05, 0.1) is 11.5 Å². The Morgan fingerprint density at radius 1 is 0.955 bits per heavy atom. The Morgan fingerprint density at radius 2 is 1.59 bits per heavy atom. The molecule has 0 aromatic heterocycles. The summed E-state index contributed by atoms with van der Waals surface area (Å²) >= 11 is 0. The Balaban J connectivity index is 1.79. The second-order valence-corrected chi connectivity index (χ2v) is 9.24. The number of hydrogen-bond donors (Lipinski definition) is 2. The molecule has 0 atom stereocenters. The molecule has 124 valence electrons. The lowest BCUT2D eigenvalue weighted by molar-refractivity contribution is 0.550. The van der Waals surface area contributed by atoms with Gasteiger partial charge in [0.1, 0.15) is 0 Å². The van der Waals surface area contributed by atoms with Crippen LogP contribution in [0, 0.1) is 0 Å². The summed E-state index contributed by atoms with van der Waals surface area (Å²) < 4.78 is 52.5. The molecule has 0 saturated heterocycles. The van der Waals surface area contributed by atoms with Crippen molar-refractivity contribution in [1.82, 2.24) is 9.44 Å². The quantitative estimate of drug-likeness (QED) is 0.733. The highest BCUT2D eigenvalue weighted by Gasteiger charge is 2.21. The van der Waals surface area contributed by atoms with Crippen molar-refractivity contribution in [2.45, 2.75) is 37.5 Å². The van der Waals surface area contributed by atoms with Crippen LogP contribution < -0.4 is 9.44 Å². The van der Waals surface area contributed by atoms with Crippen LogP contribution in [-0.2, 0) is 25.8 Å². The third-order valence-electron chi connectivity index (χ3n) is 3.59. The topological polar surface area (TPSA) is 92.3 Å². The van der Waals surface area contributed by atoms with Crippen LogP contribution in [0.4, 0.5) is 0 Å². The molecule has 22 heavy (non-hydrogen) atoms. The molecular weight excluding hydrogens is 324 g/mol. The molecule has 1 fully saturated rings. The largest absolute Gasteiger partial charge is 0.215 e. The highest BCUT2D eigenvalue weighted by atomic mass is 32.2. The zero-order valence-corrected chi connectivity index (χ0v) is 14.0. The Hall–Kier alpha value is -0.960. The first kappa shape index (κ1) is 17.4. The molecule has 0 bridgehead atoms. The van der Waals surface area contributed by atoms with Gasteiger partial charge in [-0.3, -0.25) is 0 Å². The van der Waals surface area contributed by atoms with E-state index in [0.29, 0.717) is 5.56 Å². The normalized spacial score (nSPS) is 16.9. The number of nitrogens with one attached hydrogen (secondary N) is 2. The van der Waals surface area contributed by atoms with Gasteiger partial charge in [0.15, 0.2) is 0 Å². The molecule has 6 nitrogen and oxygen atoms in total. The molecule has 1 aliphatic rings. The maximum absolute atomic E-state index is 11.9. The Labute approximate surface area is 132 Å². The molecule has 2 rings (SSSR count). The van der Waals surface area contributed by atoms with E-state index >= 15 is 0 Å². The summed E-state index contributed by atoms with van der Waals surface area (Å²) in [5.41, 5.74) is 0.668. The highest BCUT2D eigenvalue weighted by molar-refractivity contribution is 7.90. The third-order valence-corrected chi connectivity index (χ3v) is 6.39. The standard InChI is InChI=1S/C14H22N2O4S2/c17-21(18,16-14-8-4-5-9-14)11-10-15-22(19,20)12-13-6-2-1-3-7-13/h1-3,6-7,14-16H,4-5,8-12H2. The van der Waals surface area contributed by atoms with Crippen LogP contribution in [0.15, 0.2) is 30.3 Å². The molecule has 8 heteroatoms. The molecule has 0 aliphatic heterocycles. The monoisotopic (exact) mass is 346 g/mol. The van der Waals surface area contributed by atoms with Crippen molar-refractivity contribution in [3.8, 4) is 0 Å². The number of hydrogen-bond acceptors (Lipinski definition) is 4. The van der Waals surface area contributed by atoms with Crippen LogP contribution in [0.5, 0.6) is 0 Å². The molecule has 1 saturated carbocycles. The lowest BCUT2D eigenvalue weighted by Crippen LogP contribution is -2.38. The third kappa shape index (κ3) is 6.04. The molecule has 0 radical (unpaired) electrons. The van der Waals surface area contributed by atoms with Gasteiger partial charge in [-0.2, -0.15) is 0 Å². The van der Waals surface area contributed by atoms with Crippen molar-refractivity contribution in [3.63, 3.8) is 0 Å². The van der Waals surface area contributed by atoms with Gasteiger partial charge >= 0.3 is 0 Å². The van der Waals surface area contributed by atoms with E-state index in [1.807, 2.05) is 6.07 Å². The second-order valence-electron chi connectivity index (χ2n) is 5.56. The lowest BCUT2D eigenvalue weighted by atomic mass is 10.2. The average molecular weight is 346 g/mol. The van der Waals surface area contributed by atoms with Gasteiger partial charge < -0.3 is 0 Å². The second kappa shape index (κ2) is 7.54. The van der Waals surface area contributed by atoms with Crippen molar-refractivity contribution in [2.75, 3.05) is 12.3 Å². The minimum Gasteiger partial charge on any atom is -0.214 e. The van der Waals surface area contributed by atoms with E-state index in [-0.39, 0.29) is 24.1 Å². The van der Waals surface area contributed by atoms with Gasteiger partial charge in [-0.1, -0.05) is 43.2 Å². The van der Waals surface area contributed by atoms with Gasteiger partial charge in [0.25, 0.3) is 0 Å². The van der Waals surface area contributed by atoms with Crippen LogP contribution in [0.3, 0.4) is 0 Å². The highest BCUT2D eigenvalue weighted by Crippen LogP contribution is 2.18. The summed E-state index contributed by atoms with van der Waals surface area (Å²) in [7, 11) is -6.96. The van der Waals surface area contributed by atoms with E-state index < -0.39 is 20.0 Å². The fourth-order valence-electron chi connectivity index (χ4n) is 2.53. The molecule has 1 aromatic rings. The van der Waals surface area contributed by atoms with E-state index in [0.717, 1.165) is 25.7 Å². The minimum absolute atomic E-state index is 0.00549. The van der Waals surface area contributed by atoms with Crippen LogP contribution in [0.25, 0.3) is 0 Å². The summed E-state index contributed by atoms with van der Waals surface area (Å²) in [4.78, 5) is 0. The fourth-order valence-corrected chi connectivity index (χ4v) is 5.04. The van der Waals surface area contributed by atoms with Crippen LogP contribution in [0.1, 0.15) is 31.2 Å². The van der Waals surface area contributed by atoms with Crippen molar-refractivity contribution in [2.24, 2.45) is 0 Å². The number of benzene rings is 1.